The van der Waals surface area contributed by atoms with E-state index in [9.17, 15) is 14.7 Å². The molecule has 1 N–H and O–H groups in total. The van der Waals surface area contributed by atoms with Crippen molar-refractivity contribution in [1.82, 2.24) is 4.98 Å². The van der Waals surface area contributed by atoms with E-state index < -0.39 is 17.7 Å². The fourth-order valence-corrected chi connectivity index (χ4v) is 6.20. The third-order valence-corrected chi connectivity index (χ3v) is 8.27. The molecular weight excluding hydrogens is 584 g/mol. The molecule has 216 valence electrons. The van der Waals surface area contributed by atoms with Gasteiger partial charge in [0.25, 0.3) is 5.78 Å². The summed E-state index contributed by atoms with van der Waals surface area (Å²) >= 11 is 7.46. The number of amides is 1. The van der Waals surface area contributed by atoms with Crippen molar-refractivity contribution in [2.75, 3.05) is 11.5 Å². The number of Topliss-reactive ketones (excluding diaryl/α,β-unsaturated/α-hetero) is 1. The van der Waals surface area contributed by atoms with Gasteiger partial charge in [0.15, 0.2) is 5.13 Å². The van der Waals surface area contributed by atoms with Crippen LogP contribution in [-0.4, -0.2) is 28.4 Å². The monoisotopic (exact) mass is 610 g/mol. The Morgan fingerprint density at radius 3 is 2.49 bits per heavy atom. The molecule has 0 bridgehead atoms. The van der Waals surface area contributed by atoms with Crippen molar-refractivity contribution >= 4 is 55.7 Å². The molecule has 0 spiro atoms. The maximum absolute atomic E-state index is 13.7. The first-order valence-electron chi connectivity index (χ1n) is 13.8. The van der Waals surface area contributed by atoms with E-state index in [0.29, 0.717) is 51.5 Å². The zero-order chi connectivity index (χ0) is 29.9. The largest absolute Gasteiger partial charge is 0.507 e. The molecular formula is C34H27ClN2O5S. The molecule has 1 fully saturated rings. The zero-order valence-electron chi connectivity index (χ0n) is 23.2. The SMILES string of the molecule is CCCOc1ccc(/C(O)=C2\C(=O)C(=O)N(c3nc4ccc(Cl)cc4s3)C2c2cccc(OCc3ccccc3)c2)cc1. The van der Waals surface area contributed by atoms with Crippen molar-refractivity contribution in [3.05, 3.63) is 124 Å². The molecule has 7 nitrogen and oxygen atoms in total. The molecule has 1 aromatic heterocycles. The van der Waals surface area contributed by atoms with Crippen LogP contribution in [0.4, 0.5) is 5.13 Å². The highest BCUT2D eigenvalue weighted by molar-refractivity contribution is 7.22. The van der Waals surface area contributed by atoms with E-state index in [1.807, 2.05) is 43.3 Å². The number of carbonyl (C=O) groups excluding carboxylic acids is 2. The van der Waals surface area contributed by atoms with Crippen LogP contribution in [0.1, 0.15) is 36.1 Å². The molecule has 1 atom stereocenters. The summed E-state index contributed by atoms with van der Waals surface area (Å²) in [4.78, 5) is 33.3. The second-order valence-corrected chi connectivity index (χ2v) is 11.4. The predicted octanol–water partition coefficient (Wildman–Crippen LogP) is 7.94. The van der Waals surface area contributed by atoms with Gasteiger partial charge in [-0.2, -0.15) is 0 Å². The molecule has 0 radical (unpaired) electrons. The van der Waals surface area contributed by atoms with Crippen LogP contribution in [-0.2, 0) is 16.2 Å². The molecule has 9 heteroatoms. The summed E-state index contributed by atoms with van der Waals surface area (Å²) in [5, 5.41) is 12.4. The van der Waals surface area contributed by atoms with Crippen molar-refractivity contribution in [2.45, 2.75) is 26.0 Å². The number of aliphatic hydroxyl groups is 1. The topological polar surface area (TPSA) is 89.0 Å². The van der Waals surface area contributed by atoms with Gasteiger partial charge in [-0.25, -0.2) is 4.98 Å². The normalized spacial score (nSPS) is 16.1. The van der Waals surface area contributed by atoms with Crippen molar-refractivity contribution < 1.29 is 24.2 Å². The lowest BCUT2D eigenvalue weighted by Crippen LogP contribution is -2.29. The van der Waals surface area contributed by atoms with Gasteiger partial charge in [0.1, 0.15) is 23.9 Å². The van der Waals surface area contributed by atoms with Crippen LogP contribution < -0.4 is 14.4 Å². The number of rotatable bonds is 9. The van der Waals surface area contributed by atoms with Crippen LogP contribution in [0.2, 0.25) is 5.02 Å². The van der Waals surface area contributed by atoms with E-state index in [2.05, 4.69) is 4.98 Å². The molecule has 1 aliphatic rings. The Hall–Kier alpha value is -4.66. The number of ether oxygens (including phenoxy) is 2. The van der Waals surface area contributed by atoms with Crippen LogP contribution in [0.3, 0.4) is 0 Å². The van der Waals surface area contributed by atoms with Crippen LogP contribution in [0, 0.1) is 0 Å². The lowest BCUT2D eigenvalue weighted by atomic mass is 9.95. The van der Waals surface area contributed by atoms with Gasteiger partial charge in [-0.3, -0.25) is 14.5 Å². The van der Waals surface area contributed by atoms with Gasteiger partial charge in [0.2, 0.25) is 0 Å². The van der Waals surface area contributed by atoms with E-state index >= 15 is 0 Å². The second-order valence-electron chi connectivity index (χ2n) is 10.00. The predicted molar refractivity (Wildman–Crippen MR) is 169 cm³/mol. The highest BCUT2D eigenvalue weighted by Crippen LogP contribution is 2.45. The van der Waals surface area contributed by atoms with E-state index in [-0.39, 0.29) is 11.3 Å². The first-order chi connectivity index (χ1) is 20.9. The van der Waals surface area contributed by atoms with Crippen LogP contribution in [0.25, 0.3) is 16.0 Å². The molecule has 43 heavy (non-hydrogen) atoms. The Kier molecular flexibility index (Phi) is 8.13. The van der Waals surface area contributed by atoms with Gasteiger partial charge in [0.05, 0.1) is 28.4 Å². The lowest BCUT2D eigenvalue weighted by molar-refractivity contribution is -0.132. The maximum Gasteiger partial charge on any atom is 0.301 e. The molecule has 6 rings (SSSR count). The van der Waals surface area contributed by atoms with Crippen LogP contribution in [0.5, 0.6) is 11.5 Å². The van der Waals surface area contributed by atoms with Gasteiger partial charge in [0, 0.05) is 10.6 Å². The van der Waals surface area contributed by atoms with E-state index in [4.69, 9.17) is 21.1 Å². The van der Waals surface area contributed by atoms with Crippen molar-refractivity contribution in [3.8, 4) is 11.5 Å². The minimum atomic E-state index is -0.952. The van der Waals surface area contributed by atoms with Crippen LogP contribution in [0.15, 0.2) is 103 Å². The summed E-state index contributed by atoms with van der Waals surface area (Å²) in [5.74, 6) is -0.670. The quantitative estimate of drug-likeness (QED) is 0.103. The summed E-state index contributed by atoms with van der Waals surface area (Å²) in [7, 11) is 0. The number of anilines is 1. The second kappa shape index (κ2) is 12.3. The summed E-state index contributed by atoms with van der Waals surface area (Å²) in [6, 6.07) is 28.1. The van der Waals surface area contributed by atoms with E-state index in [0.717, 1.165) is 16.7 Å². The van der Waals surface area contributed by atoms with Crippen molar-refractivity contribution in [1.29, 1.82) is 0 Å². The Bertz CT molecular complexity index is 1840. The van der Waals surface area contributed by atoms with Crippen LogP contribution >= 0.6 is 22.9 Å². The first kappa shape index (κ1) is 28.5. The molecule has 1 aliphatic heterocycles. The van der Waals surface area contributed by atoms with Gasteiger partial charge in [-0.05, 0) is 72.1 Å². The van der Waals surface area contributed by atoms with Gasteiger partial charge in [-0.15, -0.1) is 0 Å². The molecule has 1 unspecified atom stereocenters. The number of nitrogens with zero attached hydrogens (tertiary/aromatic N) is 2. The van der Waals surface area contributed by atoms with Crippen molar-refractivity contribution in [3.63, 3.8) is 0 Å². The zero-order valence-corrected chi connectivity index (χ0v) is 24.8. The molecule has 0 aliphatic carbocycles. The number of hydrogen-bond acceptors (Lipinski definition) is 7. The molecule has 1 amide bonds. The summed E-state index contributed by atoms with van der Waals surface area (Å²) in [5.41, 5.74) is 2.58. The molecule has 5 aromatic rings. The smallest absolute Gasteiger partial charge is 0.301 e. The third-order valence-electron chi connectivity index (χ3n) is 7.01. The van der Waals surface area contributed by atoms with Crippen molar-refractivity contribution in [2.24, 2.45) is 0 Å². The highest BCUT2D eigenvalue weighted by atomic mass is 35.5. The third kappa shape index (κ3) is 5.84. The maximum atomic E-state index is 13.7. The van der Waals surface area contributed by atoms with E-state index in [1.165, 1.54) is 16.2 Å². The molecule has 4 aromatic carbocycles. The first-order valence-corrected chi connectivity index (χ1v) is 15.0. The number of hydrogen-bond donors (Lipinski definition) is 1. The summed E-state index contributed by atoms with van der Waals surface area (Å²) in [6.07, 6.45) is 0.858. The number of fused-ring (bicyclic) bond motifs is 1. The Labute approximate surface area is 257 Å². The minimum Gasteiger partial charge on any atom is -0.507 e. The molecule has 2 heterocycles. The Morgan fingerprint density at radius 1 is 0.930 bits per heavy atom. The lowest BCUT2D eigenvalue weighted by Gasteiger charge is -2.23. The Balaban J connectivity index is 1.44. The highest BCUT2D eigenvalue weighted by Gasteiger charge is 2.48. The number of aromatic nitrogens is 1. The number of halogens is 1. The average molecular weight is 611 g/mol. The number of carbonyl (C=O) groups is 2. The standard InChI is InChI=1S/C34H27ClN2O5S/c1-2-17-41-25-14-11-22(12-15-25)31(38)29-30(23-9-6-10-26(18-23)42-20-21-7-4-3-5-8-21)37(33(40)32(29)39)34-36-27-16-13-24(35)19-28(27)43-34/h3-16,18-19,30,38H,2,17,20H2,1H3/b31-29+. The summed E-state index contributed by atoms with van der Waals surface area (Å²) in [6.45, 7) is 2.92. The van der Waals surface area contributed by atoms with Gasteiger partial charge >= 0.3 is 5.91 Å². The number of ketones is 1. The number of aliphatic hydroxyl groups excluding tert-OH is 1. The number of benzene rings is 4. The van der Waals surface area contributed by atoms with Gasteiger partial charge < -0.3 is 14.6 Å². The minimum absolute atomic E-state index is 0.0373. The summed E-state index contributed by atoms with van der Waals surface area (Å²) < 4.78 is 12.5. The molecule has 1 saturated heterocycles. The van der Waals surface area contributed by atoms with E-state index in [1.54, 1.807) is 60.7 Å². The number of thiazole rings is 1. The fraction of sp³-hybridized carbons (Fsp3) is 0.147. The average Bonchev–Trinajstić information content (AvgIpc) is 3.56. The fourth-order valence-electron chi connectivity index (χ4n) is 4.93. The Morgan fingerprint density at radius 2 is 1.72 bits per heavy atom. The van der Waals surface area contributed by atoms with Gasteiger partial charge in [-0.1, -0.05) is 72.3 Å². The molecule has 0 saturated carbocycles.